The summed E-state index contributed by atoms with van der Waals surface area (Å²) in [4.78, 5) is 24.8. The topological polar surface area (TPSA) is 76.7 Å². The van der Waals surface area contributed by atoms with Gasteiger partial charge in [-0.1, -0.05) is 37.3 Å². The van der Waals surface area contributed by atoms with Crippen molar-refractivity contribution >= 4 is 17.7 Å². The number of carbonyl (C=O) groups excluding carboxylic acids is 2. The highest BCUT2D eigenvalue weighted by Gasteiger charge is 2.42. The minimum Gasteiger partial charge on any atom is -0.462 e. The first-order valence-electron chi connectivity index (χ1n) is 10.6. The SMILES string of the molecule is CCOC(=O)c1ccc2c(c1)C(NC(=O)OCc1ccccc1)[C@@H](C)[C@H](C1CC1)N2. The smallest absolute Gasteiger partial charge is 0.407 e. The summed E-state index contributed by atoms with van der Waals surface area (Å²) in [5, 5.41) is 6.68. The molecule has 1 saturated carbocycles. The van der Waals surface area contributed by atoms with Crippen LogP contribution in [0.4, 0.5) is 10.5 Å². The number of esters is 1. The lowest BCUT2D eigenvalue weighted by atomic mass is 9.81. The molecular formula is C24H28N2O4. The van der Waals surface area contributed by atoms with E-state index in [1.807, 2.05) is 42.5 Å². The summed E-state index contributed by atoms with van der Waals surface area (Å²) in [5.41, 5.74) is 3.26. The van der Waals surface area contributed by atoms with Gasteiger partial charge in [-0.3, -0.25) is 0 Å². The Kier molecular flexibility index (Phi) is 5.93. The number of alkyl carbamates (subject to hydrolysis) is 1. The van der Waals surface area contributed by atoms with E-state index in [1.165, 1.54) is 12.8 Å². The number of carbonyl (C=O) groups is 2. The fourth-order valence-corrected chi connectivity index (χ4v) is 4.20. The van der Waals surface area contributed by atoms with Crippen LogP contribution in [0.25, 0.3) is 0 Å². The fraction of sp³-hybridized carbons (Fsp3) is 0.417. The van der Waals surface area contributed by atoms with Crippen molar-refractivity contribution < 1.29 is 19.1 Å². The van der Waals surface area contributed by atoms with Gasteiger partial charge >= 0.3 is 12.1 Å². The van der Waals surface area contributed by atoms with Crippen molar-refractivity contribution in [1.29, 1.82) is 0 Å². The lowest BCUT2D eigenvalue weighted by Crippen LogP contribution is -2.45. The highest BCUT2D eigenvalue weighted by atomic mass is 16.5. The van der Waals surface area contributed by atoms with Gasteiger partial charge in [-0.15, -0.1) is 0 Å². The molecule has 30 heavy (non-hydrogen) atoms. The molecule has 1 fully saturated rings. The molecule has 1 heterocycles. The molecule has 2 N–H and O–H groups in total. The second-order valence-electron chi connectivity index (χ2n) is 8.07. The van der Waals surface area contributed by atoms with Gasteiger partial charge < -0.3 is 20.1 Å². The molecule has 0 saturated heterocycles. The first kappa shape index (κ1) is 20.3. The van der Waals surface area contributed by atoms with Crippen molar-refractivity contribution in [3.63, 3.8) is 0 Å². The van der Waals surface area contributed by atoms with Crippen LogP contribution in [0.5, 0.6) is 0 Å². The van der Waals surface area contributed by atoms with Crippen LogP contribution < -0.4 is 10.6 Å². The van der Waals surface area contributed by atoms with Crippen LogP contribution in [0.3, 0.4) is 0 Å². The average molecular weight is 408 g/mol. The Morgan fingerprint density at radius 3 is 2.57 bits per heavy atom. The van der Waals surface area contributed by atoms with Crippen molar-refractivity contribution in [2.45, 2.75) is 45.4 Å². The van der Waals surface area contributed by atoms with Crippen LogP contribution in [0.15, 0.2) is 48.5 Å². The van der Waals surface area contributed by atoms with Gasteiger partial charge in [0.15, 0.2) is 0 Å². The summed E-state index contributed by atoms with van der Waals surface area (Å²) in [6.07, 6.45) is 1.94. The summed E-state index contributed by atoms with van der Waals surface area (Å²) >= 11 is 0. The van der Waals surface area contributed by atoms with E-state index in [2.05, 4.69) is 17.6 Å². The van der Waals surface area contributed by atoms with Crippen molar-refractivity contribution in [2.24, 2.45) is 11.8 Å². The number of anilines is 1. The Hall–Kier alpha value is -3.02. The van der Waals surface area contributed by atoms with Crippen LogP contribution >= 0.6 is 0 Å². The quantitative estimate of drug-likeness (QED) is 0.679. The van der Waals surface area contributed by atoms with Gasteiger partial charge in [-0.25, -0.2) is 9.59 Å². The molecular weight excluding hydrogens is 380 g/mol. The van der Waals surface area contributed by atoms with Crippen molar-refractivity contribution in [3.05, 3.63) is 65.2 Å². The van der Waals surface area contributed by atoms with Crippen molar-refractivity contribution in [3.8, 4) is 0 Å². The summed E-state index contributed by atoms with van der Waals surface area (Å²) in [5.74, 6) is 0.414. The highest BCUT2D eigenvalue weighted by molar-refractivity contribution is 5.90. The average Bonchev–Trinajstić information content (AvgIpc) is 3.60. The number of nitrogens with one attached hydrogen (secondary N) is 2. The number of hydrogen-bond donors (Lipinski definition) is 2. The van der Waals surface area contributed by atoms with Crippen molar-refractivity contribution in [1.82, 2.24) is 5.32 Å². The standard InChI is InChI=1S/C24H28N2O4/c1-3-29-23(27)18-11-12-20-19(13-18)22(15(2)21(25-20)17-9-10-17)26-24(28)30-14-16-7-5-4-6-8-16/h4-8,11-13,15,17,21-22,25H,3,9-10,14H2,1-2H3,(H,26,28)/t15-,21+,22?/m0/s1. The third-order valence-corrected chi connectivity index (χ3v) is 5.93. The third kappa shape index (κ3) is 4.42. The number of ether oxygens (including phenoxy) is 2. The summed E-state index contributed by atoms with van der Waals surface area (Å²) < 4.78 is 10.6. The molecule has 0 bridgehead atoms. The second kappa shape index (κ2) is 8.78. The van der Waals surface area contributed by atoms with Gasteiger partial charge in [-0.05, 0) is 55.0 Å². The van der Waals surface area contributed by atoms with E-state index in [-0.39, 0.29) is 30.6 Å². The van der Waals surface area contributed by atoms with E-state index >= 15 is 0 Å². The minimum absolute atomic E-state index is 0.159. The maximum absolute atomic E-state index is 12.6. The zero-order valence-corrected chi connectivity index (χ0v) is 17.4. The Morgan fingerprint density at radius 2 is 1.87 bits per heavy atom. The van der Waals surface area contributed by atoms with Crippen LogP contribution in [-0.2, 0) is 16.1 Å². The molecule has 1 unspecified atom stereocenters. The molecule has 4 rings (SSSR count). The zero-order valence-electron chi connectivity index (χ0n) is 17.4. The van der Waals surface area contributed by atoms with Gasteiger partial charge in [0.2, 0.25) is 0 Å². The second-order valence-corrected chi connectivity index (χ2v) is 8.07. The molecule has 1 aliphatic heterocycles. The van der Waals surface area contributed by atoms with E-state index < -0.39 is 6.09 Å². The number of amides is 1. The maximum Gasteiger partial charge on any atom is 0.407 e. The third-order valence-electron chi connectivity index (χ3n) is 5.93. The molecule has 2 aliphatic rings. The van der Waals surface area contributed by atoms with Gasteiger partial charge in [-0.2, -0.15) is 0 Å². The Morgan fingerprint density at radius 1 is 1.10 bits per heavy atom. The van der Waals surface area contributed by atoms with Gasteiger partial charge in [0.1, 0.15) is 6.61 Å². The molecule has 158 valence electrons. The maximum atomic E-state index is 12.6. The summed E-state index contributed by atoms with van der Waals surface area (Å²) in [7, 11) is 0. The number of fused-ring (bicyclic) bond motifs is 1. The summed E-state index contributed by atoms with van der Waals surface area (Å²) in [6, 6.07) is 15.1. The molecule has 3 atom stereocenters. The largest absolute Gasteiger partial charge is 0.462 e. The van der Waals surface area contributed by atoms with Gasteiger partial charge in [0.05, 0.1) is 18.2 Å². The van der Waals surface area contributed by atoms with E-state index in [9.17, 15) is 9.59 Å². The van der Waals surface area contributed by atoms with Crippen molar-refractivity contribution in [2.75, 3.05) is 11.9 Å². The zero-order chi connectivity index (χ0) is 21.1. The van der Waals surface area contributed by atoms with E-state index in [4.69, 9.17) is 9.47 Å². The minimum atomic E-state index is -0.459. The Balaban J connectivity index is 1.54. The van der Waals surface area contributed by atoms with Crippen LogP contribution in [0, 0.1) is 11.8 Å². The fourth-order valence-electron chi connectivity index (χ4n) is 4.20. The van der Waals surface area contributed by atoms with Crippen LogP contribution in [0.1, 0.15) is 54.2 Å². The molecule has 0 radical (unpaired) electrons. The molecule has 1 amide bonds. The number of hydrogen-bond acceptors (Lipinski definition) is 5. The van der Waals surface area contributed by atoms with E-state index in [0.717, 1.165) is 16.8 Å². The highest BCUT2D eigenvalue weighted by Crippen LogP contribution is 2.46. The normalized spacial score (nSPS) is 22.4. The summed E-state index contributed by atoms with van der Waals surface area (Å²) in [6.45, 7) is 4.46. The number of benzene rings is 2. The first-order chi connectivity index (χ1) is 14.6. The molecule has 2 aromatic carbocycles. The van der Waals surface area contributed by atoms with E-state index in [0.29, 0.717) is 18.1 Å². The molecule has 2 aromatic rings. The molecule has 1 aliphatic carbocycles. The lowest BCUT2D eigenvalue weighted by molar-refractivity contribution is 0.0526. The predicted octanol–water partition coefficient (Wildman–Crippen LogP) is 4.67. The molecule has 6 heteroatoms. The Labute approximate surface area is 177 Å². The molecule has 0 spiro atoms. The molecule has 0 aromatic heterocycles. The van der Waals surface area contributed by atoms with Crippen LogP contribution in [-0.4, -0.2) is 24.7 Å². The lowest BCUT2D eigenvalue weighted by Gasteiger charge is -2.39. The van der Waals surface area contributed by atoms with Crippen LogP contribution in [0.2, 0.25) is 0 Å². The Bertz CT molecular complexity index is 911. The van der Waals surface area contributed by atoms with Gasteiger partial charge in [0, 0.05) is 17.6 Å². The first-order valence-corrected chi connectivity index (χ1v) is 10.6. The number of rotatable bonds is 6. The molecule has 6 nitrogen and oxygen atoms in total. The monoisotopic (exact) mass is 408 g/mol. The van der Waals surface area contributed by atoms with Gasteiger partial charge in [0.25, 0.3) is 0 Å². The predicted molar refractivity (Wildman–Crippen MR) is 114 cm³/mol. The van der Waals surface area contributed by atoms with E-state index in [1.54, 1.807) is 13.0 Å².